The molecule has 0 bridgehead atoms. The molecule has 1 unspecified atom stereocenters. The second-order valence-electron chi connectivity index (χ2n) is 5.37. The summed E-state index contributed by atoms with van der Waals surface area (Å²) in [7, 11) is 0. The van der Waals surface area contributed by atoms with Crippen LogP contribution in [0, 0.1) is 5.92 Å². The van der Waals surface area contributed by atoms with Crippen molar-refractivity contribution in [1.82, 2.24) is 0 Å². The number of aliphatic carboxylic acids is 2. The van der Waals surface area contributed by atoms with Crippen LogP contribution in [0.15, 0.2) is 0 Å². The molecule has 0 spiro atoms. The van der Waals surface area contributed by atoms with E-state index in [4.69, 9.17) is 24.4 Å². The Bertz CT molecular complexity index is 310. The fraction of sp³-hybridized carbons (Fsp3) is 0.875. The summed E-state index contributed by atoms with van der Waals surface area (Å²) in [6, 6.07) is 0. The summed E-state index contributed by atoms with van der Waals surface area (Å²) in [6.07, 6.45) is 3.22. The van der Waals surface area contributed by atoms with Crippen LogP contribution in [0.4, 0.5) is 0 Å². The number of ether oxygens (including phenoxy) is 3. The van der Waals surface area contributed by atoms with Crippen LogP contribution in [0.25, 0.3) is 0 Å². The smallest absolute Gasteiger partial charge is 0.307 e. The molecule has 0 saturated heterocycles. The van der Waals surface area contributed by atoms with Gasteiger partial charge in [-0.05, 0) is 19.3 Å². The fourth-order valence-corrected chi connectivity index (χ4v) is 1.79. The maximum absolute atomic E-state index is 10.9. The second-order valence-corrected chi connectivity index (χ2v) is 5.37. The van der Waals surface area contributed by atoms with Crippen LogP contribution in [-0.2, 0) is 23.8 Å². The first-order valence-electron chi connectivity index (χ1n) is 8.26. The van der Waals surface area contributed by atoms with Crippen LogP contribution in [-0.4, -0.2) is 54.9 Å². The molecule has 7 nitrogen and oxygen atoms in total. The predicted octanol–water partition coefficient (Wildman–Crippen LogP) is 2.53. The average Bonchev–Trinajstić information content (AvgIpc) is 2.49. The van der Waals surface area contributed by atoms with Crippen molar-refractivity contribution in [3.05, 3.63) is 0 Å². The molecule has 0 radical (unpaired) electrons. The minimum absolute atomic E-state index is 0.151. The van der Waals surface area contributed by atoms with Gasteiger partial charge in [0.1, 0.15) is 0 Å². The third-order valence-corrected chi connectivity index (χ3v) is 3.24. The molecule has 0 aliphatic rings. The molecule has 136 valence electrons. The van der Waals surface area contributed by atoms with Crippen LogP contribution >= 0.6 is 0 Å². The van der Waals surface area contributed by atoms with Gasteiger partial charge in [-0.1, -0.05) is 26.7 Å². The van der Waals surface area contributed by atoms with Crippen molar-refractivity contribution in [2.45, 2.75) is 58.7 Å². The van der Waals surface area contributed by atoms with Crippen molar-refractivity contribution >= 4 is 11.9 Å². The molecule has 0 aromatic carbocycles. The first-order valence-corrected chi connectivity index (χ1v) is 8.26. The van der Waals surface area contributed by atoms with E-state index in [9.17, 15) is 9.59 Å². The third kappa shape index (κ3) is 13.0. The maximum atomic E-state index is 10.9. The van der Waals surface area contributed by atoms with E-state index in [0.717, 1.165) is 25.7 Å². The Morgan fingerprint density at radius 3 is 1.96 bits per heavy atom. The molecule has 2 N–H and O–H groups in total. The molecule has 7 heteroatoms. The minimum Gasteiger partial charge on any atom is -0.481 e. The molecule has 0 aromatic rings. The number of unbranched alkanes of at least 4 members (excludes halogenated alkanes) is 2. The zero-order valence-corrected chi connectivity index (χ0v) is 14.2. The lowest BCUT2D eigenvalue weighted by molar-refractivity contribution is -0.174. The van der Waals surface area contributed by atoms with E-state index in [-0.39, 0.29) is 19.6 Å². The van der Waals surface area contributed by atoms with Crippen LogP contribution in [0.3, 0.4) is 0 Å². The van der Waals surface area contributed by atoms with Gasteiger partial charge in [0, 0.05) is 19.8 Å². The highest BCUT2D eigenvalue weighted by Gasteiger charge is 2.21. The van der Waals surface area contributed by atoms with Gasteiger partial charge in [0.15, 0.2) is 6.29 Å². The summed E-state index contributed by atoms with van der Waals surface area (Å²) in [5.74, 6) is -3.18. The Balaban J connectivity index is 4.05. The van der Waals surface area contributed by atoms with Crippen LogP contribution in [0.1, 0.15) is 52.4 Å². The molecule has 0 rings (SSSR count). The Labute approximate surface area is 137 Å². The molecule has 0 fully saturated rings. The number of carboxylic acids is 2. The van der Waals surface area contributed by atoms with Gasteiger partial charge in [-0.15, -0.1) is 0 Å². The summed E-state index contributed by atoms with van der Waals surface area (Å²) in [5, 5.41) is 17.6. The normalized spacial score (nSPS) is 12.5. The van der Waals surface area contributed by atoms with Gasteiger partial charge in [0.05, 0.1) is 18.9 Å². The molecule has 0 saturated carbocycles. The van der Waals surface area contributed by atoms with Crippen molar-refractivity contribution in [3.8, 4) is 0 Å². The van der Waals surface area contributed by atoms with Crippen LogP contribution in [0.5, 0.6) is 0 Å². The monoisotopic (exact) mass is 334 g/mol. The second kappa shape index (κ2) is 14.4. The maximum Gasteiger partial charge on any atom is 0.307 e. The van der Waals surface area contributed by atoms with Crippen molar-refractivity contribution in [2.75, 3.05) is 26.4 Å². The Morgan fingerprint density at radius 1 is 0.957 bits per heavy atom. The lowest BCUT2D eigenvalue weighted by atomic mass is 10.0. The molecule has 0 aromatic heterocycles. The van der Waals surface area contributed by atoms with E-state index >= 15 is 0 Å². The average molecular weight is 334 g/mol. The van der Waals surface area contributed by atoms with Gasteiger partial charge >= 0.3 is 11.9 Å². The molecule has 0 heterocycles. The summed E-state index contributed by atoms with van der Waals surface area (Å²) >= 11 is 0. The Kier molecular flexibility index (Phi) is 13.7. The lowest BCUT2D eigenvalue weighted by Gasteiger charge is -2.19. The molecule has 0 amide bonds. The molecule has 0 aliphatic carbocycles. The molecular weight excluding hydrogens is 304 g/mol. The zero-order valence-electron chi connectivity index (χ0n) is 14.2. The van der Waals surface area contributed by atoms with Crippen molar-refractivity contribution in [1.29, 1.82) is 0 Å². The van der Waals surface area contributed by atoms with Gasteiger partial charge in [-0.3, -0.25) is 9.59 Å². The van der Waals surface area contributed by atoms with E-state index < -0.39 is 30.6 Å². The quantitative estimate of drug-likeness (QED) is 0.330. The number of carboxylic acid groups (broad SMARTS) is 2. The summed E-state index contributed by atoms with van der Waals surface area (Å²) in [4.78, 5) is 21.5. The molecule has 0 aliphatic heterocycles. The highest BCUT2D eigenvalue weighted by Crippen LogP contribution is 2.10. The molecule has 1 atom stereocenters. The zero-order chi connectivity index (χ0) is 17.5. The van der Waals surface area contributed by atoms with Gasteiger partial charge in [0.2, 0.25) is 0 Å². The van der Waals surface area contributed by atoms with Gasteiger partial charge < -0.3 is 24.4 Å². The van der Waals surface area contributed by atoms with E-state index in [2.05, 4.69) is 13.8 Å². The summed E-state index contributed by atoms with van der Waals surface area (Å²) in [6.45, 7) is 5.70. The van der Waals surface area contributed by atoms with Crippen molar-refractivity contribution in [3.63, 3.8) is 0 Å². The minimum atomic E-state index is -1.12. The standard InChI is InChI=1S/C16H30O7/c1-3-5-8-22-15(23-9-6-4-2)12-21-10-7-13(16(19)20)11-14(17)18/h13,15H,3-12H2,1-2H3,(H,17,18)(H,19,20). The summed E-state index contributed by atoms with van der Waals surface area (Å²) < 4.78 is 16.6. The number of hydrogen-bond donors (Lipinski definition) is 2. The van der Waals surface area contributed by atoms with Crippen LogP contribution in [0.2, 0.25) is 0 Å². The van der Waals surface area contributed by atoms with Gasteiger partial charge in [0.25, 0.3) is 0 Å². The lowest BCUT2D eigenvalue weighted by Crippen LogP contribution is -2.26. The van der Waals surface area contributed by atoms with Gasteiger partial charge in [-0.25, -0.2) is 0 Å². The summed E-state index contributed by atoms with van der Waals surface area (Å²) in [5.41, 5.74) is 0. The van der Waals surface area contributed by atoms with E-state index in [1.165, 1.54) is 0 Å². The van der Waals surface area contributed by atoms with Crippen molar-refractivity contribution < 1.29 is 34.0 Å². The predicted molar refractivity (Wildman–Crippen MR) is 84.3 cm³/mol. The largest absolute Gasteiger partial charge is 0.481 e. The highest BCUT2D eigenvalue weighted by molar-refractivity contribution is 5.77. The molecule has 23 heavy (non-hydrogen) atoms. The first kappa shape index (κ1) is 21.8. The molecular formula is C16H30O7. The Morgan fingerprint density at radius 2 is 1.52 bits per heavy atom. The van der Waals surface area contributed by atoms with Gasteiger partial charge in [-0.2, -0.15) is 0 Å². The van der Waals surface area contributed by atoms with Crippen molar-refractivity contribution in [2.24, 2.45) is 5.92 Å². The number of rotatable bonds is 16. The SMILES string of the molecule is CCCCOC(COCCC(CC(=O)O)C(=O)O)OCCCC. The topological polar surface area (TPSA) is 102 Å². The number of hydrogen-bond acceptors (Lipinski definition) is 5. The Hall–Kier alpha value is -1.18. The first-order chi connectivity index (χ1) is 11.0. The van der Waals surface area contributed by atoms with E-state index in [1.54, 1.807) is 0 Å². The fourth-order valence-electron chi connectivity index (χ4n) is 1.79. The van der Waals surface area contributed by atoms with Crippen LogP contribution < -0.4 is 0 Å². The number of carbonyl (C=O) groups is 2. The third-order valence-electron chi connectivity index (χ3n) is 3.24. The van der Waals surface area contributed by atoms with E-state index in [0.29, 0.717) is 13.2 Å². The highest BCUT2D eigenvalue weighted by atomic mass is 16.7. The van der Waals surface area contributed by atoms with E-state index in [1.807, 2.05) is 0 Å².